The fraction of sp³-hybridized carbons (Fsp3) is 0.393. The van der Waals surface area contributed by atoms with Crippen molar-refractivity contribution in [3.8, 4) is 5.69 Å². The molecule has 0 unspecified atom stereocenters. The topological polar surface area (TPSA) is 76.5 Å². The Kier molecular flexibility index (Phi) is 8.98. The number of halogens is 3. The van der Waals surface area contributed by atoms with E-state index < -0.39 is 23.6 Å². The van der Waals surface area contributed by atoms with E-state index in [0.29, 0.717) is 18.8 Å². The first-order valence-electron chi connectivity index (χ1n) is 12.2. The first kappa shape index (κ1) is 28.9. The Hall–Kier alpha value is -3.66. The predicted molar refractivity (Wildman–Crippen MR) is 139 cm³/mol. The molecule has 2 amide bonds. The van der Waals surface area contributed by atoms with Crippen molar-refractivity contribution in [3.05, 3.63) is 77.0 Å². The Morgan fingerprint density at radius 1 is 1.05 bits per heavy atom. The number of anilines is 1. The van der Waals surface area contributed by atoms with Gasteiger partial charge in [-0.15, -0.1) is 0 Å². The van der Waals surface area contributed by atoms with Gasteiger partial charge in [0.1, 0.15) is 12.4 Å². The summed E-state index contributed by atoms with van der Waals surface area (Å²) < 4.78 is 46.3. The number of ether oxygens (including phenoxy) is 1. The Morgan fingerprint density at radius 3 is 2.39 bits per heavy atom. The molecule has 0 aliphatic carbocycles. The second-order valence-corrected chi connectivity index (χ2v) is 10.1. The predicted octanol–water partition coefficient (Wildman–Crippen LogP) is 5.61. The number of hydrogen-bond acceptors (Lipinski definition) is 4. The minimum Gasteiger partial charge on any atom is -0.385 e. The minimum atomic E-state index is -4.59. The molecular formula is C28H33F3N4O3. The Morgan fingerprint density at radius 2 is 1.76 bits per heavy atom. The molecule has 0 atom stereocenters. The maximum Gasteiger partial charge on any atom is 0.416 e. The van der Waals surface area contributed by atoms with E-state index in [2.05, 4.69) is 5.32 Å². The van der Waals surface area contributed by atoms with Crippen molar-refractivity contribution in [1.29, 1.82) is 0 Å². The highest BCUT2D eigenvalue weighted by Crippen LogP contribution is 2.30. The molecule has 2 aromatic carbocycles. The van der Waals surface area contributed by atoms with Crippen LogP contribution in [0.2, 0.25) is 0 Å². The molecule has 3 aromatic rings. The van der Waals surface area contributed by atoms with Crippen LogP contribution in [-0.4, -0.2) is 53.3 Å². The third kappa shape index (κ3) is 7.22. The van der Waals surface area contributed by atoms with Crippen LogP contribution in [0, 0.1) is 6.92 Å². The number of aryl methyl sites for hydroxylation is 1. The summed E-state index contributed by atoms with van der Waals surface area (Å²) >= 11 is 0. The quantitative estimate of drug-likeness (QED) is 0.365. The summed E-state index contributed by atoms with van der Waals surface area (Å²) in [6.07, 6.45) is -4.18. The summed E-state index contributed by atoms with van der Waals surface area (Å²) in [5.41, 5.74) is 1.13. The van der Waals surface area contributed by atoms with Gasteiger partial charge in [-0.05, 0) is 43.2 Å². The number of carbonyl (C=O) groups excluding carboxylic acids is 2. The molecule has 0 fully saturated rings. The van der Waals surface area contributed by atoms with Crippen molar-refractivity contribution in [1.82, 2.24) is 14.7 Å². The Labute approximate surface area is 220 Å². The van der Waals surface area contributed by atoms with Crippen molar-refractivity contribution in [2.75, 3.05) is 32.1 Å². The molecule has 3 rings (SSSR count). The maximum atomic E-state index is 13.2. The van der Waals surface area contributed by atoms with Crippen LogP contribution in [0.4, 0.5) is 19.0 Å². The average Bonchev–Trinajstić information content (AvgIpc) is 3.27. The summed E-state index contributed by atoms with van der Waals surface area (Å²) in [6.45, 7) is 8.05. The van der Waals surface area contributed by atoms with Crippen molar-refractivity contribution >= 4 is 17.6 Å². The number of amides is 2. The second-order valence-electron chi connectivity index (χ2n) is 10.1. The molecule has 10 heteroatoms. The lowest BCUT2D eigenvalue weighted by Crippen LogP contribution is -2.39. The molecular weight excluding hydrogens is 497 g/mol. The number of alkyl halides is 3. The van der Waals surface area contributed by atoms with Crippen LogP contribution in [0.25, 0.3) is 5.69 Å². The lowest BCUT2D eigenvalue weighted by atomic mass is 9.92. The minimum absolute atomic E-state index is 0.126. The zero-order valence-electron chi connectivity index (χ0n) is 22.2. The maximum absolute atomic E-state index is 13.2. The van der Waals surface area contributed by atoms with Gasteiger partial charge >= 0.3 is 6.18 Å². The highest BCUT2D eigenvalue weighted by atomic mass is 19.4. The number of nitrogens with zero attached hydrogens (tertiary/aromatic N) is 3. The molecule has 0 spiro atoms. The third-order valence-corrected chi connectivity index (χ3v) is 5.92. The number of para-hydroxylation sites is 1. The van der Waals surface area contributed by atoms with Gasteiger partial charge in [0, 0.05) is 37.3 Å². The molecule has 1 heterocycles. The average molecular weight is 531 g/mol. The summed E-state index contributed by atoms with van der Waals surface area (Å²) in [6, 6.07) is 13.6. The molecule has 0 radical (unpaired) electrons. The number of aromatic nitrogens is 2. The first-order chi connectivity index (χ1) is 17.8. The number of rotatable bonds is 9. The zero-order chi connectivity index (χ0) is 28.1. The van der Waals surface area contributed by atoms with E-state index in [1.54, 1.807) is 10.7 Å². The van der Waals surface area contributed by atoms with Gasteiger partial charge in [-0.3, -0.25) is 9.59 Å². The Balaban J connectivity index is 1.89. The molecule has 38 heavy (non-hydrogen) atoms. The van der Waals surface area contributed by atoms with Crippen LogP contribution in [-0.2, 0) is 21.1 Å². The number of nitrogens with one attached hydrogen (secondary N) is 1. The highest BCUT2D eigenvalue weighted by Gasteiger charge is 2.31. The van der Waals surface area contributed by atoms with Gasteiger partial charge in [-0.1, -0.05) is 45.0 Å². The van der Waals surface area contributed by atoms with Crippen molar-refractivity contribution in [2.24, 2.45) is 0 Å². The van der Waals surface area contributed by atoms with Gasteiger partial charge in [0.15, 0.2) is 0 Å². The van der Waals surface area contributed by atoms with Crippen molar-refractivity contribution < 1.29 is 27.5 Å². The molecule has 1 N–H and O–H groups in total. The van der Waals surface area contributed by atoms with Gasteiger partial charge < -0.3 is 15.0 Å². The summed E-state index contributed by atoms with van der Waals surface area (Å²) in [5.74, 6) is -0.749. The van der Waals surface area contributed by atoms with Crippen LogP contribution in [0.3, 0.4) is 0 Å². The number of benzene rings is 2. The standard InChI is InChI=1S/C28H33F3N4O3/c1-19-10-6-7-13-22(19)35-24(17-23(33-35)27(2,3)4)32-25(36)18-34(14-9-15-38-5)26(37)20-11-8-12-21(16-20)28(29,30)31/h6-8,10-13,16-17H,9,14-15,18H2,1-5H3,(H,32,36). The summed E-state index contributed by atoms with van der Waals surface area (Å²) in [7, 11) is 1.51. The second kappa shape index (κ2) is 11.8. The molecule has 1 aromatic heterocycles. The van der Waals surface area contributed by atoms with Crippen LogP contribution >= 0.6 is 0 Å². The molecule has 0 saturated carbocycles. The smallest absolute Gasteiger partial charge is 0.385 e. The van der Waals surface area contributed by atoms with E-state index >= 15 is 0 Å². The fourth-order valence-corrected chi connectivity index (χ4v) is 3.84. The van der Waals surface area contributed by atoms with Crippen LogP contribution in [0.5, 0.6) is 0 Å². The molecule has 0 bridgehead atoms. The molecule has 204 valence electrons. The molecule has 0 saturated heterocycles. The highest BCUT2D eigenvalue weighted by molar-refractivity contribution is 5.99. The van der Waals surface area contributed by atoms with Crippen molar-refractivity contribution in [3.63, 3.8) is 0 Å². The van der Waals surface area contributed by atoms with Gasteiger partial charge in [0.25, 0.3) is 5.91 Å². The van der Waals surface area contributed by atoms with Gasteiger partial charge in [0.05, 0.1) is 16.9 Å². The van der Waals surface area contributed by atoms with Crippen molar-refractivity contribution in [2.45, 2.75) is 45.7 Å². The monoisotopic (exact) mass is 530 g/mol. The molecule has 7 nitrogen and oxygen atoms in total. The number of carbonyl (C=O) groups is 2. The van der Waals surface area contributed by atoms with Crippen LogP contribution < -0.4 is 5.32 Å². The zero-order valence-corrected chi connectivity index (χ0v) is 22.2. The van der Waals surface area contributed by atoms with E-state index in [4.69, 9.17) is 9.84 Å². The van der Waals surface area contributed by atoms with E-state index in [1.807, 2.05) is 52.0 Å². The fourth-order valence-electron chi connectivity index (χ4n) is 3.84. The summed E-state index contributed by atoms with van der Waals surface area (Å²) in [5, 5.41) is 7.57. The third-order valence-electron chi connectivity index (χ3n) is 5.92. The molecule has 0 aliphatic heterocycles. The van der Waals surface area contributed by atoms with E-state index in [-0.39, 0.29) is 24.1 Å². The van der Waals surface area contributed by atoms with E-state index in [1.165, 1.54) is 24.1 Å². The first-order valence-corrected chi connectivity index (χ1v) is 12.2. The Bertz CT molecular complexity index is 1280. The SMILES string of the molecule is COCCCN(CC(=O)Nc1cc(C(C)(C)C)nn1-c1ccccc1C)C(=O)c1cccc(C(F)(F)F)c1. The van der Waals surface area contributed by atoms with Gasteiger partial charge in [0.2, 0.25) is 5.91 Å². The normalized spacial score (nSPS) is 11.9. The lowest BCUT2D eigenvalue weighted by molar-refractivity contribution is -0.137. The number of hydrogen-bond donors (Lipinski definition) is 1. The van der Waals surface area contributed by atoms with Crippen LogP contribution in [0.15, 0.2) is 54.6 Å². The van der Waals surface area contributed by atoms with Gasteiger partial charge in [-0.25, -0.2) is 4.68 Å². The summed E-state index contributed by atoms with van der Waals surface area (Å²) in [4.78, 5) is 27.6. The largest absolute Gasteiger partial charge is 0.416 e. The van der Waals surface area contributed by atoms with Gasteiger partial charge in [-0.2, -0.15) is 18.3 Å². The number of methoxy groups -OCH3 is 1. The molecule has 0 aliphatic rings. The lowest BCUT2D eigenvalue weighted by Gasteiger charge is -2.23. The van der Waals surface area contributed by atoms with Crippen LogP contribution in [0.1, 0.15) is 54.4 Å². The van der Waals surface area contributed by atoms with E-state index in [0.717, 1.165) is 29.1 Å². The van der Waals surface area contributed by atoms with E-state index in [9.17, 15) is 22.8 Å².